The lowest BCUT2D eigenvalue weighted by molar-refractivity contribution is -0.117. The zero-order valence-electron chi connectivity index (χ0n) is 11.0. The SMILES string of the molecule is CC(=O)CC1CCCN1S(=O)(=O)c1ccc(Br)cc1Cl. The van der Waals surface area contributed by atoms with Crippen molar-refractivity contribution in [1.29, 1.82) is 0 Å². The molecule has 0 aliphatic carbocycles. The second-order valence-corrected chi connectivity index (χ2v) is 8.07. The Morgan fingerprint density at radius 2 is 2.20 bits per heavy atom. The summed E-state index contributed by atoms with van der Waals surface area (Å²) in [5.41, 5.74) is 0. The van der Waals surface area contributed by atoms with Gasteiger partial charge in [0.1, 0.15) is 10.7 Å². The van der Waals surface area contributed by atoms with Crippen LogP contribution in [-0.4, -0.2) is 31.1 Å². The molecule has 0 N–H and O–H groups in total. The number of rotatable bonds is 4. The van der Waals surface area contributed by atoms with E-state index in [9.17, 15) is 13.2 Å². The number of hydrogen-bond donors (Lipinski definition) is 0. The molecule has 0 saturated carbocycles. The number of sulfonamides is 1. The molecular formula is C13H15BrClNO3S. The minimum Gasteiger partial charge on any atom is -0.300 e. The third kappa shape index (κ3) is 3.24. The predicted molar refractivity (Wildman–Crippen MR) is 81.4 cm³/mol. The first-order chi connectivity index (χ1) is 9.32. The van der Waals surface area contributed by atoms with Crippen molar-refractivity contribution in [2.24, 2.45) is 0 Å². The maximum absolute atomic E-state index is 12.7. The molecule has 1 saturated heterocycles. The Bertz CT molecular complexity index is 633. The van der Waals surface area contributed by atoms with E-state index < -0.39 is 10.0 Å². The lowest BCUT2D eigenvalue weighted by atomic mass is 10.1. The highest BCUT2D eigenvalue weighted by Gasteiger charge is 2.36. The van der Waals surface area contributed by atoms with Crippen LogP contribution in [0.2, 0.25) is 5.02 Å². The molecule has 7 heteroatoms. The van der Waals surface area contributed by atoms with Gasteiger partial charge in [0, 0.05) is 23.5 Å². The van der Waals surface area contributed by atoms with E-state index in [1.165, 1.54) is 17.3 Å². The van der Waals surface area contributed by atoms with Crippen molar-refractivity contribution in [3.05, 3.63) is 27.7 Å². The summed E-state index contributed by atoms with van der Waals surface area (Å²) in [6.45, 7) is 1.92. The fourth-order valence-corrected chi connectivity index (χ4v) is 5.18. The number of halogens is 2. The normalized spacial score (nSPS) is 20.2. The molecule has 110 valence electrons. The number of hydrogen-bond acceptors (Lipinski definition) is 3. The largest absolute Gasteiger partial charge is 0.300 e. The Balaban J connectivity index is 2.36. The molecule has 20 heavy (non-hydrogen) atoms. The van der Waals surface area contributed by atoms with Crippen molar-refractivity contribution in [2.75, 3.05) is 6.54 Å². The Hall–Kier alpha value is -0.430. The van der Waals surface area contributed by atoms with E-state index in [0.717, 1.165) is 10.9 Å². The van der Waals surface area contributed by atoms with Gasteiger partial charge in [-0.1, -0.05) is 27.5 Å². The number of carbonyl (C=O) groups is 1. The fourth-order valence-electron chi connectivity index (χ4n) is 2.47. The van der Waals surface area contributed by atoms with Crippen LogP contribution in [0.15, 0.2) is 27.6 Å². The third-order valence-electron chi connectivity index (χ3n) is 3.33. The molecule has 1 fully saturated rings. The first-order valence-corrected chi connectivity index (χ1v) is 8.90. The van der Waals surface area contributed by atoms with Gasteiger partial charge in [-0.3, -0.25) is 4.79 Å². The second kappa shape index (κ2) is 6.13. The zero-order valence-corrected chi connectivity index (χ0v) is 14.1. The van der Waals surface area contributed by atoms with Crippen LogP contribution in [0.1, 0.15) is 26.2 Å². The lowest BCUT2D eigenvalue weighted by Gasteiger charge is -2.23. The molecule has 0 spiro atoms. The summed E-state index contributed by atoms with van der Waals surface area (Å²) in [6.07, 6.45) is 1.74. The Kier molecular flexibility index (Phi) is 4.89. The molecule has 1 aromatic rings. The van der Waals surface area contributed by atoms with Crippen LogP contribution in [0.5, 0.6) is 0 Å². The first-order valence-electron chi connectivity index (χ1n) is 6.28. The summed E-state index contributed by atoms with van der Waals surface area (Å²) in [4.78, 5) is 11.4. The minimum absolute atomic E-state index is 0.000923. The van der Waals surface area contributed by atoms with Crippen LogP contribution in [0.25, 0.3) is 0 Å². The van der Waals surface area contributed by atoms with Crippen molar-refractivity contribution >= 4 is 43.3 Å². The third-order valence-corrected chi connectivity index (χ3v) is 6.25. The average molecular weight is 381 g/mol. The molecule has 0 bridgehead atoms. The summed E-state index contributed by atoms with van der Waals surface area (Å²) < 4.78 is 27.5. The maximum Gasteiger partial charge on any atom is 0.244 e. The topological polar surface area (TPSA) is 54.5 Å². The molecule has 4 nitrogen and oxygen atoms in total. The fraction of sp³-hybridized carbons (Fsp3) is 0.462. The standard InChI is InChI=1S/C13H15BrClNO3S/c1-9(17)7-11-3-2-6-16(11)20(18,19)13-5-4-10(14)8-12(13)15/h4-5,8,11H,2-3,6-7H2,1H3. The van der Waals surface area contributed by atoms with Gasteiger partial charge in [-0.25, -0.2) is 8.42 Å². The molecule has 2 rings (SSSR count). The smallest absolute Gasteiger partial charge is 0.244 e. The number of carbonyl (C=O) groups excluding carboxylic acids is 1. The van der Waals surface area contributed by atoms with Crippen LogP contribution in [0, 0.1) is 0 Å². The molecule has 0 aromatic heterocycles. The van der Waals surface area contributed by atoms with E-state index >= 15 is 0 Å². The van der Waals surface area contributed by atoms with Crippen molar-refractivity contribution in [2.45, 2.75) is 37.1 Å². The first kappa shape index (κ1) is 15.9. The molecule has 0 amide bonds. The summed E-state index contributed by atoms with van der Waals surface area (Å²) >= 11 is 9.30. The summed E-state index contributed by atoms with van der Waals surface area (Å²) in [5, 5.41) is 0.188. The van der Waals surface area contributed by atoms with Crippen molar-refractivity contribution in [1.82, 2.24) is 4.31 Å². The van der Waals surface area contributed by atoms with Crippen molar-refractivity contribution in [3.8, 4) is 0 Å². The van der Waals surface area contributed by atoms with Crippen molar-refractivity contribution < 1.29 is 13.2 Å². The molecule has 1 aliphatic rings. The van der Waals surface area contributed by atoms with Gasteiger partial charge in [-0.05, 0) is 38.0 Å². The molecule has 1 aliphatic heterocycles. The van der Waals surface area contributed by atoms with Gasteiger partial charge >= 0.3 is 0 Å². The van der Waals surface area contributed by atoms with Gasteiger partial charge in [-0.15, -0.1) is 0 Å². The van der Waals surface area contributed by atoms with Gasteiger partial charge in [0.25, 0.3) is 0 Å². The van der Waals surface area contributed by atoms with Crippen LogP contribution < -0.4 is 0 Å². The van der Waals surface area contributed by atoms with Gasteiger partial charge < -0.3 is 0 Å². The van der Waals surface area contributed by atoms with Crippen LogP contribution in [0.3, 0.4) is 0 Å². The Morgan fingerprint density at radius 3 is 2.80 bits per heavy atom. The van der Waals surface area contributed by atoms with E-state index in [1.807, 2.05) is 0 Å². The number of Topliss-reactive ketones (excluding diaryl/α,β-unsaturated/α-hetero) is 1. The van der Waals surface area contributed by atoms with Crippen molar-refractivity contribution in [3.63, 3.8) is 0 Å². The molecule has 1 heterocycles. The predicted octanol–water partition coefficient (Wildman–Crippen LogP) is 3.23. The van der Waals surface area contributed by atoms with Gasteiger partial charge in [0.2, 0.25) is 10.0 Å². The average Bonchev–Trinajstić information content (AvgIpc) is 2.76. The maximum atomic E-state index is 12.7. The molecular weight excluding hydrogens is 366 g/mol. The minimum atomic E-state index is -3.65. The molecule has 1 unspecified atom stereocenters. The van der Waals surface area contributed by atoms with Crippen LogP contribution in [0.4, 0.5) is 0 Å². The molecule has 1 atom stereocenters. The van der Waals surface area contributed by atoms with Gasteiger partial charge in [0.15, 0.2) is 0 Å². The van der Waals surface area contributed by atoms with Crippen LogP contribution in [-0.2, 0) is 14.8 Å². The van der Waals surface area contributed by atoms with Crippen LogP contribution >= 0.6 is 27.5 Å². The molecule has 1 aromatic carbocycles. The Morgan fingerprint density at radius 1 is 1.50 bits per heavy atom. The second-order valence-electron chi connectivity index (χ2n) is 4.89. The highest BCUT2D eigenvalue weighted by atomic mass is 79.9. The van der Waals surface area contributed by atoms with Gasteiger partial charge in [-0.2, -0.15) is 4.31 Å². The highest BCUT2D eigenvalue weighted by Crippen LogP contribution is 2.32. The van der Waals surface area contributed by atoms with E-state index in [4.69, 9.17) is 11.6 Å². The van der Waals surface area contributed by atoms with E-state index in [1.54, 1.807) is 12.1 Å². The Labute approximate surface area is 132 Å². The van der Waals surface area contributed by atoms with E-state index in [-0.39, 0.29) is 28.2 Å². The van der Waals surface area contributed by atoms with E-state index in [0.29, 0.717) is 13.0 Å². The summed E-state index contributed by atoms with van der Waals surface area (Å²) in [7, 11) is -3.65. The zero-order chi connectivity index (χ0) is 14.9. The quantitative estimate of drug-likeness (QED) is 0.806. The highest BCUT2D eigenvalue weighted by molar-refractivity contribution is 9.10. The van der Waals surface area contributed by atoms with E-state index in [2.05, 4.69) is 15.9 Å². The summed E-state index contributed by atoms with van der Waals surface area (Å²) in [6, 6.07) is 4.45. The number of ketones is 1. The molecule has 0 radical (unpaired) electrons. The number of benzene rings is 1. The number of nitrogens with zero attached hydrogens (tertiary/aromatic N) is 1. The monoisotopic (exact) mass is 379 g/mol. The lowest BCUT2D eigenvalue weighted by Crippen LogP contribution is -2.36. The van der Waals surface area contributed by atoms with Gasteiger partial charge in [0.05, 0.1) is 5.02 Å². The summed E-state index contributed by atoms with van der Waals surface area (Å²) in [5.74, 6) is -0.000923.